The van der Waals surface area contributed by atoms with Crippen molar-refractivity contribution in [3.05, 3.63) is 18.2 Å². The fourth-order valence-corrected chi connectivity index (χ4v) is 2.48. The highest BCUT2D eigenvalue weighted by Gasteiger charge is 2.37. The van der Waals surface area contributed by atoms with Crippen molar-refractivity contribution in [3.63, 3.8) is 0 Å². The highest BCUT2D eigenvalue weighted by atomic mass is 35.5. The molecular formula is C12H22Cl2N4O. The number of rotatable bonds is 3. The summed E-state index contributed by atoms with van der Waals surface area (Å²) in [4.78, 5) is 19.1. The summed E-state index contributed by atoms with van der Waals surface area (Å²) in [7, 11) is 0. The summed E-state index contributed by atoms with van der Waals surface area (Å²) in [5.41, 5.74) is 5.82. The monoisotopic (exact) mass is 308 g/mol. The first-order valence-corrected chi connectivity index (χ1v) is 6.14. The first-order chi connectivity index (χ1) is 8.09. The zero-order valence-electron chi connectivity index (χ0n) is 11.0. The molecule has 19 heavy (non-hydrogen) atoms. The Balaban J connectivity index is 0.00000162. The maximum absolute atomic E-state index is 12.1. The molecule has 4 N–H and O–H groups in total. The number of carbonyl (C=O) groups excluding carboxylic acids is 1. The van der Waals surface area contributed by atoms with Gasteiger partial charge in [-0.15, -0.1) is 24.8 Å². The second-order valence-corrected chi connectivity index (χ2v) is 5.06. The summed E-state index contributed by atoms with van der Waals surface area (Å²) >= 11 is 0. The average Bonchev–Trinajstić information content (AvgIpc) is 2.78. The first-order valence-electron chi connectivity index (χ1n) is 6.14. The van der Waals surface area contributed by atoms with Crippen LogP contribution in [-0.2, 0) is 11.3 Å². The summed E-state index contributed by atoms with van der Waals surface area (Å²) in [6.45, 7) is 2.42. The molecule has 0 aliphatic heterocycles. The summed E-state index contributed by atoms with van der Waals surface area (Å²) in [5, 5.41) is 2.90. The average molecular weight is 309 g/mol. The molecule has 1 amide bonds. The van der Waals surface area contributed by atoms with Crippen molar-refractivity contribution in [3.8, 4) is 0 Å². The number of nitrogens with zero attached hydrogens (tertiary/aromatic N) is 1. The summed E-state index contributed by atoms with van der Waals surface area (Å²) in [6.07, 6.45) is 7.44. The fraction of sp³-hybridized carbons (Fsp3) is 0.667. The molecule has 1 heterocycles. The number of nitrogens with one attached hydrogen (secondary N) is 2. The Hall–Kier alpha value is -0.780. The number of aromatic amines is 1. The van der Waals surface area contributed by atoms with E-state index in [1.165, 1.54) is 0 Å². The third kappa shape index (κ3) is 4.67. The number of imidazole rings is 1. The Kier molecular flexibility index (Phi) is 7.41. The van der Waals surface area contributed by atoms with Crippen LogP contribution in [0.1, 0.15) is 38.4 Å². The van der Waals surface area contributed by atoms with Gasteiger partial charge in [-0.1, -0.05) is 12.8 Å². The number of halogens is 2. The van der Waals surface area contributed by atoms with Crippen molar-refractivity contribution in [2.45, 2.75) is 44.7 Å². The molecule has 2 rings (SSSR count). The number of carbonyl (C=O) groups is 1. The number of H-pyrrole nitrogens is 1. The van der Waals surface area contributed by atoms with E-state index in [2.05, 4.69) is 15.3 Å². The molecule has 1 aromatic rings. The topological polar surface area (TPSA) is 83.8 Å². The smallest absolute Gasteiger partial charge is 0.225 e. The van der Waals surface area contributed by atoms with Crippen molar-refractivity contribution in [2.24, 2.45) is 11.7 Å². The molecule has 0 saturated heterocycles. The highest BCUT2D eigenvalue weighted by molar-refractivity contribution is 5.85. The van der Waals surface area contributed by atoms with Gasteiger partial charge in [0.25, 0.3) is 0 Å². The largest absolute Gasteiger partial charge is 0.349 e. The Labute approximate surface area is 125 Å². The van der Waals surface area contributed by atoms with E-state index >= 15 is 0 Å². The van der Waals surface area contributed by atoms with Crippen LogP contribution in [0.15, 0.2) is 12.4 Å². The molecule has 0 spiro atoms. The maximum Gasteiger partial charge on any atom is 0.225 e. The van der Waals surface area contributed by atoms with Crippen LogP contribution in [0.5, 0.6) is 0 Å². The van der Waals surface area contributed by atoms with Gasteiger partial charge in [0, 0.05) is 17.9 Å². The zero-order valence-corrected chi connectivity index (χ0v) is 12.6. The number of hydrogen-bond donors (Lipinski definition) is 3. The van der Waals surface area contributed by atoms with Gasteiger partial charge >= 0.3 is 0 Å². The van der Waals surface area contributed by atoms with E-state index in [1.54, 1.807) is 12.4 Å². The Morgan fingerprint density at radius 1 is 1.58 bits per heavy atom. The second kappa shape index (κ2) is 7.72. The van der Waals surface area contributed by atoms with Crippen LogP contribution >= 0.6 is 24.8 Å². The molecule has 110 valence electrons. The van der Waals surface area contributed by atoms with Crippen LogP contribution in [0.4, 0.5) is 0 Å². The molecule has 1 aliphatic rings. The number of amides is 1. The van der Waals surface area contributed by atoms with E-state index in [4.69, 9.17) is 5.73 Å². The van der Waals surface area contributed by atoms with E-state index in [-0.39, 0.29) is 42.2 Å². The van der Waals surface area contributed by atoms with Gasteiger partial charge in [0.05, 0.1) is 12.5 Å². The number of hydrogen-bond acceptors (Lipinski definition) is 3. The molecule has 2 unspecified atom stereocenters. The normalized spacial score (nSPS) is 25.9. The highest BCUT2D eigenvalue weighted by Crippen LogP contribution is 2.31. The summed E-state index contributed by atoms with van der Waals surface area (Å²) in [6, 6.07) is 0. The Bertz CT molecular complexity index is 381. The molecule has 0 bridgehead atoms. The Morgan fingerprint density at radius 2 is 2.32 bits per heavy atom. The molecule has 1 aliphatic carbocycles. The standard InChI is InChI=1S/C12H20N4O.2ClH/c1-12(13)5-3-2-4-9(12)11(17)16-8-10-14-6-7-15-10;;/h6-7,9H,2-5,8,13H2,1H3,(H,14,15)(H,16,17);2*1H. The van der Waals surface area contributed by atoms with Gasteiger partial charge in [0.15, 0.2) is 0 Å². The van der Waals surface area contributed by atoms with Gasteiger partial charge in [0.1, 0.15) is 5.82 Å². The van der Waals surface area contributed by atoms with Gasteiger partial charge in [0.2, 0.25) is 5.91 Å². The summed E-state index contributed by atoms with van der Waals surface area (Å²) < 4.78 is 0. The first kappa shape index (κ1) is 18.2. The molecule has 7 heteroatoms. The van der Waals surface area contributed by atoms with E-state index in [0.717, 1.165) is 31.5 Å². The van der Waals surface area contributed by atoms with Crippen LogP contribution in [0.3, 0.4) is 0 Å². The van der Waals surface area contributed by atoms with Crippen LogP contribution in [0, 0.1) is 5.92 Å². The van der Waals surface area contributed by atoms with Crippen molar-refractivity contribution < 1.29 is 4.79 Å². The molecule has 1 saturated carbocycles. The molecule has 0 aromatic carbocycles. The third-order valence-electron chi connectivity index (χ3n) is 3.56. The molecule has 5 nitrogen and oxygen atoms in total. The van der Waals surface area contributed by atoms with Gasteiger partial charge < -0.3 is 16.0 Å². The molecule has 2 atom stereocenters. The van der Waals surface area contributed by atoms with Crippen molar-refractivity contribution in [2.75, 3.05) is 0 Å². The van der Waals surface area contributed by atoms with E-state index in [0.29, 0.717) is 6.54 Å². The van der Waals surface area contributed by atoms with Crippen LogP contribution in [0.2, 0.25) is 0 Å². The predicted molar refractivity (Wildman–Crippen MR) is 79.5 cm³/mol. The van der Waals surface area contributed by atoms with Crippen LogP contribution < -0.4 is 11.1 Å². The lowest BCUT2D eigenvalue weighted by atomic mass is 9.74. The van der Waals surface area contributed by atoms with Crippen molar-refractivity contribution in [1.82, 2.24) is 15.3 Å². The van der Waals surface area contributed by atoms with Gasteiger partial charge in [-0.2, -0.15) is 0 Å². The molecule has 1 fully saturated rings. The van der Waals surface area contributed by atoms with Gasteiger partial charge in [-0.25, -0.2) is 4.98 Å². The van der Waals surface area contributed by atoms with Crippen LogP contribution in [0.25, 0.3) is 0 Å². The lowest BCUT2D eigenvalue weighted by Crippen LogP contribution is -2.52. The second-order valence-electron chi connectivity index (χ2n) is 5.06. The third-order valence-corrected chi connectivity index (χ3v) is 3.56. The lowest BCUT2D eigenvalue weighted by molar-refractivity contribution is -0.128. The SMILES string of the molecule is CC1(N)CCCCC1C(=O)NCc1ncc[nH]1.Cl.Cl. The van der Waals surface area contributed by atoms with E-state index in [1.807, 2.05) is 6.92 Å². The molecule has 1 aromatic heterocycles. The minimum atomic E-state index is -0.370. The number of aromatic nitrogens is 2. The summed E-state index contributed by atoms with van der Waals surface area (Å²) in [5.74, 6) is 0.741. The minimum absolute atomic E-state index is 0. The van der Waals surface area contributed by atoms with E-state index in [9.17, 15) is 4.79 Å². The lowest BCUT2D eigenvalue weighted by Gasteiger charge is -2.37. The molecular weight excluding hydrogens is 287 g/mol. The van der Waals surface area contributed by atoms with Gasteiger partial charge in [-0.3, -0.25) is 4.79 Å². The van der Waals surface area contributed by atoms with E-state index < -0.39 is 0 Å². The Morgan fingerprint density at radius 3 is 2.89 bits per heavy atom. The quantitative estimate of drug-likeness (QED) is 0.796. The zero-order chi connectivity index (χ0) is 12.3. The maximum atomic E-state index is 12.1. The predicted octanol–water partition coefficient (Wildman–Crippen LogP) is 1.78. The van der Waals surface area contributed by atoms with Crippen LogP contribution in [-0.4, -0.2) is 21.4 Å². The number of nitrogens with two attached hydrogens (primary N) is 1. The van der Waals surface area contributed by atoms with Crippen molar-refractivity contribution in [1.29, 1.82) is 0 Å². The fourth-order valence-electron chi connectivity index (χ4n) is 2.48. The van der Waals surface area contributed by atoms with Gasteiger partial charge in [-0.05, 0) is 19.8 Å². The minimum Gasteiger partial charge on any atom is -0.349 e. The van der Waals surface area contributed by atoms with Crippen molar-refractivity contribution >= 4 is 30.7 Å². The molecule has 0 radical (unpaired) electrons.